The molecule has 6 nitrogen and oxygen atoms in total. The summed E-state index contributed by atoms with van der Waals surface area (Å²) in [6, 6.07) is 15.4. The van der Waals surface area contributed by atoms with Crippen molar-refractivity contribution in [3.8, 4) is 28.8 Å². The first-order valence-corrected chi connectivity index (χ1v) is 8.92. The summed E-state index contributed by atoms with van der Waals surface area (Å²) in [5, 5.41) is 27.2. The standard InChI is InChI=1S/C22H15F3N2O4/c23-22(24,25)17-10-16(9-6-14(17)11-26)31-15-7-4-13(5-8-15)18-2-1-3-19(27-18)21(30)20(29)12-28/h1-10,20,28-29H,12H2/t20-/m1/s1. The van der Waals surface area contributed by atoms with E-state index in [1.807, 2.05) is 0 Å². The maximum absolute atomic E-state index is 13.1. The summed E-state index contributed by atoms with van der Waals surface area (Å²) in [6.45, 7) is -0.720. The van der Waals surface area contributed by atoms with Crippen LogP contribution in [0.5, 0.6) is 11.5 Å². The molecule has 31 heavy (non-hydrogen) atoms. The van der Waals surface area contributed by atoms with E-state index in [0.29, 0.717) is 11.3 Å². The number of carbonyl (C=O) groups is 1. The number of carbonyl (C=O) groups excluding carboxylic acids is 1. The Hall–Kier alpha value is -3.74. The monoisotopic (exact) mass is 428 g/mol. The molecular weight excluding hydrogens is 413 g/mol. The summed E-state index contributed by atoms with van der Waals surface area (Å²) in [7, 11) is 0. The summed E-state index contributed by atoms with van der Waals surface area (Å²) in [4.78, 5) is 16.1. The number of rotatable bonds is 6. The zero-order valence-electron chi connectivity index (χ0n) is 15.8. The van der Waals surface area contributed by atoms with Crippen molar-refractivity contribution in [3.63, 3.8) is 0 Å². The molecule has 0 fully saturated rings. The Balaban J connectivity index is 1.82. The van der Waals surface area contributed by atoms with Gasteiger partial charge < -0.3 is 14.9 Å². The molecule has 0 spiro atoms. The highest BCUT2D eigenvalue weighted by atomic mass is 19.4. The number of aliphatic hydroxyl groups excluding tert-OH is 2. The van der Waals surface area contributed by atoms with Gasteiger partial charge in [0.1, 0.15) is 23.3 Å². The molecule has 9 heteroatoms. The number of pyridine rings is 1. The zero-order chi connectivity index (χ0) is 22.6. The number of alkyl halides is 3. The first-order valence-electron chi connectivity index (χ1n) is 8.92. The minimum absolute atomic E-state index is 0.0170. The van der Waals surface area contributed by atoms with Gasteiger partial charge in [0, 0.05) is 5.56 Å². The van der Waals surface area contributed by atoms with E-state index in [1.165, 1.54) is 30.3 Å². The smallest absolute Gasteiger partial charge is 0.417 e. The van der Waals surface area contributed by atoms with E-state index in [-0.39, 0.29) is 17.2 Å². The van der Waals surface area contributed by atoms with Gasteiger partial charge in [-0.15, -0.1) is 0 Å². The van der Waals surface area contributed by atoms with E-state index in [9.17, 15) is 23.1 Å². The lowest BCUT2D eigenvalue weighted by Crippen LogP contribution is -2.25. The molecule has 0 aliphatic rings. The van der Waals surface area contributed by atoms with Gasteiger partial charge in [-0.2, -0.15) is 18.4 Å². The van der Waals surface area contributed by atoms with Crippen LogP contribution in [0.15, 0.2) is 60.7 Å². The molecule has 0 aliphatic carbocycles. The number of ether oxygens (including phenoxy) is 1. The van der Waals surface area contributed by atoms with Gasteiger partial charge in [0.05, 0.1) is 29.5 Å². The fourth-order valence-corrected chi connectivity index (χ4v) is 2.74. The van der Waals surface area contributed by atoms with E-state index in [0.717, 1.165) is 12.1 Å². The number of nitrogens with zero attached hydrogens (tertiary/aromatic N) is 2. The van der Waals surface area contributed by atoms with Gasteiger partial charge in [0.25, 0.3) is 0 Å². The molecule has 0 unspecified atom stereocenters. The SMILES string of the molecule is N#Cc1ccc(Oc2ccc(-c3cccc(C(=O)[C@H](O)CO)n3)cc2)cc1C(F)(F)F. The van der Waals surface area contributed by atoms with Crippen LogP contribution in [0.2, 0.25) is 0 Å². The molecule has 1 atom stereocenters. The van der Waals surface area contributed by atoms with Crippen molar-refractivity contribution in [1.82, 2.24) is 4.98 Å². The number of aliphatic hydroxyl groups is 2. The van der Waals surface area contributed by atoms with Crippen LogP contribution in [0, 0.1) is 11.3 Å². The number of hydrogen-bond donors (Lipinski definition) is 2. The molecule has 1 heterocycles. The minimum atomic E-state index is -4.69. The van der Waals surface area contributed by atoms with Crippen molar-refractivity contribution in [2.45, 2.75) is 12.3 Å². The van der Waals surface area contributed by atoms with Crippen molar-refractivity contribution in [2.75, 3.05) is 6.61 Å². The third-order valence-corrected chi connectivity index (χ3v) is 4.28. The quantitative estimate of drug-likeness (QED) is 0.576. The Bertz CT molecular complexity index is 1140. The molecule has 1 aromatic heterocycles. The van der Waals surface area contributed by atoms with Gasteiger partial charge in [-0.3, -0.25) is 4.79 Å². The van der Waals surface area contributed by atoms with Gasteiger partial charge in [-0.25, -0.2) is 4.98 Å². The number of halogens is 3. The first kappa shape index (κ1) is 22.0. The average Bonchev–Trinajstić information content (AvgIpc) is 2.78. The van der Waals surface area contributed by atoms with Gasteiger partial charge in [0.2, 0.25) is 5.78 Å². The van der Waals surface area contributed by atoms with E-state index in [2.05, 4.69) is 4.98 Å². The summed E-state index contributed by atoms with van der Waals surface area (Å²) < 4.78 is 44.7. The van der Waals surface area contributed by atoms with Crippen LogP contribution in [-0.2, 0) is 6.18 Å². The number of benzene rings is 2. The lowest BCUT2D eigenvalue weighted by molar-refractivity contribution is -0.137. The number of nitriles is 1. The molecule has 0 aliphatic heterocycles. The Morgan fingerprint density at radius 3 is 2.39 bits per heavy atom. The second-order valence-corrected chi connectivity index (χ2v) is 6.41. The largest absolute Gasteiger partial charge is 0.457 e. The van der Waals surface area contributed by atoms with Crippen LogP contribution >= 0.6 is 0 Å². The molecule has 158 valence electrons. The Morgan fingerprint density at radius 1 is 1.10 bits per heavy atom. The molecule has 0 saturated heterocycles. The third kappa shape index (κ3) is 5.06. The second kappa shape index (κ2) is 8.95. The van der Waals surface area contributed by atoms with Gasteiger partial charge in [-0.1, -0.05) is 6.07 Å². The highest BCUT2D eigenvalue weighted by Crippen LogP contribution is 2.35. The van der Waals surface area contributed by atoms with Crippen molar-refractivity contribution in [1.29, 1.82) is 5.26 Å². The first-order chi connectivity index (χ1) is 14.7. The fraction of sp³-hybridized carbons (Fsp3) is 0.136. The normalized spacial score (nSPS) is 12.1. The number of hydrogen-bond acceptors (Lipinski definition) is 6. The Labute approximate surface area is 174 Å². The predicted molar refractivity (Wildman–Crippen MR) is 103 cm³/mol. The lowest BCUT2D eigenvalue weighted by Gasteiger charge is -2.12. The van der Waals surface area contributed by atoms with Gasteiger partial charge >= 0.3 is 6.18 Å². The topological polar surface area (TPSA) is 103 Å². The van der Waals surface area contributed by atoms with Crippen molar-refractivity contribution in [3.05, 3.63) is 77.5 Å². The molecule has 0 amide bonds. The van der Waals surface area contributed by atoms with Gasteiger partial charge in [0.15, 0.2) is 0 Å². The maximum atomic E-state index is 13.1. The molecule has 3 rings (SSSR count). The molecular formula is C22H15F3N2O4. The highest BCUT2D eigenvalue weighted by molar-refractivity contribution is 5.98. The number of Topliss-reactive ketones (excluding diaryl/α,β-unsaturated/α-hetero) is 1. The summed E-state index contributed by atoms with van der Waals surface area (Å²) in [5.41, 5.74) is -0.588. The minimum Gasteiger partial charge on any atom is -0.457 e. The molecule has 0 radical (unpaired) electrons. The van der Waals surface area contributed by atoms with E-state index < -0.39 is 35.8 Å². The van der Waals surface area contributed by atoms with Gasteiger partial charge in [-0.05, 0) is 54.6 Å². The summed E-state index contributed by atoms with van der Waals surface area (Å²) in [6.07, 6.45) is -6.25. The molecule has 0 saturated carbocycles. The molecule has 2 N–H and O–H groups in total. The van der Waals surface area contributed by atoms with Crippen molar-refractivity contribution in [2.24, 2.45) is 0 Å². The third-order valence-electron chi connectivity index (χ3n) is 4.28. The van der Waals surface area contributed by atoms with E-state index in [4.69, 9.17) is 15.1 Å². The highest BCUT2D eigenvalue weighted by Gasteiger charge is 2.34. The summed E-state index contributed by atoms with van der Waals surface area (Å²) >= 11 is 0. The fourth-order valence-electron chi connectivity index (χ4n) is 2.74. The number of ketones is 1. The summed E-state index contributed by atoms with van der Waals surface area (Å²) in [5.74, 6) is -0.544. The van der Waals surface area contributed by atoms with E-state index >= 15 is 0 Å². The Morgan fingerprint density at radius 2 is 1.77 bits per heavy atom. The van der Waals surface area contributed by atoms with Crippen LogP contribution in [0.3, 0.4) is 0 Å². The van der Waals surface area contributed by atoms with Crippen LogP contribution in [0.1, 0.15) is 21.6 Å². The van der Waals surface area contributed by atoms with Crippen LogP contribution < -0.4 is 4.74 Å². The zero-order valence-corrected chi connectivity index (χ0v) is 15.8. The van der Waals surface area contributed by atoms with Crippen LogP contribution in [0.25, 0.3) is 11.3 Å². The molecule has 2 aromatic carbocycles. The van der Waals surface area contributed by atoms with E-state index in [1.54, 1.807) is 24.3 Å². The molecule has 3 aromatic rings. The van der Waals surface area contributed by atoms with Crippen LogP contribution in [-0.4, -0.2) is 33.7 Å². The van der Waals surface area contributed by atoms with Crippen molar-refractivity contribution < 1.29 is 32.9 Å². The average molecular weight is 428 g/mol. The number of aromatic nitrogens is 1. The lowest BCUT2D eigenvalue weighted by atomic mass is 10.1. The molecule has 0 bridgehead atoms. The Kier molecular flexibility index (Phi) is 6.34. The van der Waals surface area contributed by atoms with Crippen molar-refractivity contribution >= 4 is 5.78 Å². The maximum Gasteiger partial charge on any atom is 0.417 e. The second-order valence-electron chi connectivity index (χ2n) is 6.41. The predicted octanol–water partition coefficient (Wildman–Crippen LogP) is 3.97. The van der Waals surface area contributed by atoms with Crippen LogP contribution in [0.4, 0.5) is 13.2 Å².